The second-order valence-electron chi connectivity index (χ2n) is 10.8. The Labute approximate surface area is 227 Å². The number of aryl methyl sites for hydroxylation is 1. The van der Waals surface area contributed by atoms with Gasteiger partial charge in [0.1, 0.15) is 11.6 Å². The Morgan fingerprint density at radius 1 is 1.18 bits per heavy atom. The molecule has 0 radical (unpaired) electrons. The molecule has 0 saturated carbocycles. The summed E-state index contributed by atoms with van der Waals surface area (Å²) in [7, 11) is 0. The van der Waals surface area contributed by atoms with Crippen LogP contribution in [0.1, 0.15) is 51.2 Å². The Hall–Kier alpha value is -3.89. The number of nitrogens with two attached hydrogens (primary N) is 1. The van der Waals surface area contributed by atoms with Gasteiger partial charge in [0.05, 0.1) is 25.0 Å². The zero-order chi connectivity index (χ0) is 28.5. The van der Waals surface area contributed by atoms with E-state index in [9.17, 15) is 24.0 Å². The summed E-state index contributed by atoms with van der Waals surface area (Å²) in [6.45, 7) is 7.02. The third kappa shape index (κ3) is 5.62. The fraction of sp³-hybridized carbons (Fsp3) is 0.536. The van der Waals surface area contributed by atoms with Crippen molar-refractivity contribution < 1.29 is 28.7 Å². The molecular weight excluding hydrogens is 502 g/mol. The van der Waals surface area contributed by atoms with E-state index >= 15 is 0 Å². The first kappa shape index (κ1) is 28.1. The maximum atomic E-state index is 13.6. The standard InChI is InChI=1S/C28H35N5O6/c1-16-6-8-20(9-7-16)12-23-17(2)24(31-30-23)26(37)33-11-5-10-28(33)15-32(27(28)38)14-21(35)13-22(25(29)36)18(3)39-19(4)34/h6-9,18,22-23H,5,10-15H2,1-4H3,(H2,29,36)/t18-,22+,23?,28?/m1/s1. The monoisotopic (exact) mass is 537 g/mol. The quantitative estimate of drug-likeness (QED) is 0.355. The van der Waals surface area contributed by atoms with Crippen LogP contribution in [-0.4, -0.2) is 76.6 Å². The van der Waals surface area contributed by atoms with Gasteiger partial charge in [0.15, 0.2) is 11.5 Å². The molecule has 3 aliphatic heterocycles. The molecule has 11 nitrogen and oxygen atoms in total. The first-order valence-electron chi connectivity index (χ1n) is 13.2. The molecule has 2 fully saturated rings. The van der Waals surface area contributed by atoms with Crippen LogP contribution in [0.2, 0.25) is 0 Å². The highest BCUT2D eigenvalue weighted by molar-refractivity contribution is 6.03. The minimum absolute atomic E-state index is 0.209. The summed E-state index contributed by atoms with van der Waals surface area (Å²) in [5, 5.41) is 8.56. The van der Waals surface area contributed by atoms with E-state index in [1.165, 1.54) is 24.3 Å². The Bertz CT molecular complexity index is 1260. The number of hydrogen-bond donors (Lipinski definition) is 1. The number of azo groups is 1. The van der Waals surface area contributed by atoms with Gasteiger partial charge in [-0.3, -0.25) is 24.0 Å². The van der Waals surface area contributed by atoms with Crippen LogP contribution < -0.4 is 5.73 Å². The molecule has 3 amide bonds. The summed E-state index contributed by atoms with van der Waals surface area (Å²) >= 11 is 0. The molecule has 208 valence electrons. The Kier molecular flexibility index (Phi) is 7.99. The average Bonchev–Trinajstić information content (AvgIpc) is 3.48. The average molecular weight is 538 g/mol. The number of ether oxygens (including phenoxy) is 1. The fourth-order valence-corrected chi connectivity index (χ4v) is 5.64. The molecule has 11 heteroatoms. The number of carbonyl (C=O) groups is 5. The van der Waals surface area contributed by atoms with Crippen LogP contribution in [0, 0.1) is 12.8 Å². The van der Waals surface area contributed by atoms with Gasteiger partial charge in [-0.2, -0.15) is 5.11 Å². The molecule has 0 aromatic heterocycles. The molecule has 0 aliphatic carbocycles. The number of benzene rings is 1. The highest BCUT2D eigenvalue weighted by atomic mass is 16.5. The second kappa shape index (κ2) is 11.1. The van der Waals surface area contributed by atoms with E-state index in [0.717, 1.165) is 11.1 Å². The van der Waals surface area contributed by atoms with Crippen LogP contribution >= 0.6 is 0 Å². The van der Waals surface area contributed by atoms with Crippen molar-refractivity contribution in [2.75, 3.05) is 19.6 Å². The lowest BCUT2D eigenvalue weighted by molar-refractivity contribution is -0.167. The number of likely N-dealkylation sites (tertiary alicyclic amines) is 2. The van der Waals surface area contributed by atoms with E-state index in [-0.39, 0.29) is 48.8 Å². The van der Waals surface area contributed by atoms with E-state index in [1.807, 2.05) is 38.1 Å². The van der Waals surface area contributed by atoms with Gasteiger partial charge in [0.2, 0.25) is 5.91 Å². The molecule has 2 saturated heterocycles. The summed E-state index contributed by atoms with van der Waals surface area (Å²) in [6.07, 6.45) is 0.690. The van der Waals surface area contributed by atoms with Gasteiger partial charge in [0.25, 0.3) is 11.8 Å². The molecule has 39 heavy (non-hydrogen) atoms. The Morgan fingerprint density at radius 3 is 2.49 bits per heavy atom. The second-order valence-corrected chi connectivity index (χ2v) is 10.8. The summed E-state index contributed by atoms with van der Waals surface area (Å²) < 4.78 is 5.02. The molecule has 1 spiro atoms. The van der Waals surface area contributed by atoms with Crippen molar-refractivity contribution in [3.63, 3.8) is 0 Å². The van der Waals surface area contributed by atoms with Gasteiger partial charge in [-0.1, -0.05) is 29.8 Å². The Balaban J connectivity index is 1.39. The number of esters is 1. The molecule has 3 heterocycles. The third-order valence-electron chi connectivity index (χ3n) is 7.89. The molecule has 2 N–H and O–H groups in total. The molecule has 4 atom stereocenters. The molecule has 0 bridgehead atoms. The summed E-state index contributed by atoms with van der Waals surface area (Å²) in [5.74, 6) is -3.32. The van der Waals surface area contributed by atoms with Crippen LogP contribution in [0.15, 0.2) is 45.8 Å². The third-order valence-corrected chi connectivity index (χ3v) is 7.89. The number of hydrogen-bond acceptors (Lipinski definition) is 8. The normalized spacial score (nSPS) is 23.7. The van der Waals surface area contributed by atoms with Crippen LogP contribution in [0.3, 0.4) is 0 Å². The van der Waals surface area contributed by atoms with Crippen molar-refractivity contribution >= 4 is 29.5 Å². The van der Waals surface area contributed by atoms with Gasteiger partial charge in [-0.25, -0.2) is 0 Å². The first-order valence-corrected chi connectivity index (χ1v) is 13.2. The first-order chi connectivity index (χ1) is 18.4. The maximum absolute atomic E-state index is 13.6. The smallest absolute Gasteiger partial charge is 0.302 e. The number of carbonyl (C=O) groups excluding carboxylic acids is 5. The Morgan fingerprint density at radius 2 is 1.87 bits per heavy atom. The number of nitrogens with zero attached hydrogens (tertiary/aromatic N) is 4. The minimum Gasteiger partial charge on any atom is -0.462 e. The summed E-state index contributed by atoms with van der Waals surface area (Å²) in [5.41, 5.74) is 7.74. The molecule has 2 unspecified atom stereocenters. The molecule has 1 aromatic rings. The van der Waals surface area contributed by atoms with Gasteiger partial charge in [-0.05, 0) is 44.7 Å². The van der Waals surface area contributed by atoms with Crippen LogP contribution in [0.4, 0.5) is 0 Å². The zero-order valence-electron chi connectivity index (χ0n) is 22.8. The lowest BCUT2D eigenvalue weighted by atomic mass is 9.84. The number of rotatable bonds is 10. The number of amides is 3. The summed E-state index contributed by atoms with van der Waals surface area (Å²) in [6, 6.07) is 7.92. The molecular formula is C28H35N5O6. The number of Topliss-reactive ketones (excluding diaryl/α,β-unsaturated/α-hetero) is 1. The number of β-lactam (4-membered cyclic amide) rings is 1. The van der Waals surface area contributed by atoms with Crippen molar-refractivity contribution in [2.45, 2.75) is 71.1 Å². The SMILES string of the molecule is CC(=O)O[C@H](C)[C@H](CC(=O)CN1CC2(CCCN2C(=O)C2=C(C)C(Cc3ccc(C)cc3)N=N2)C1=O)C(N)=O. The van der Waals surface area contributed by atoms with E-state index in [2.05, 4.69) is 10.2 Å². The summed E-state index contributed by atoms with van der Waals surface area (Å²) in [4.78, 5) is 65.6. The largest absolute Gasteiger partial charge is 0.462 e. The highest BCUT2D eigenvalue weighted by Crippen LogP contribution is 2.41. The maximum Gasteiger partial charge on any atom is 0.302 e. The number of ketones is 1. The topological polar surface area (TPSA) is 152 Å². The van der Waals surface area contributed by atoms with Crippen LogP contribution in [0.25, 0.3) is 0 Å². The highest BCUT2D eigenvalue weighted by Gasteiger charge is 2.60. The minimum atomic E-state index is -0.997. The van der Waals surface area contributed by atoms with Crippen molar-refractivity contribution in [2.24, 2.45) is 21.9 Å². The van der Waals surface area contributed by atoms with Crippen molar-refractivity contribution in [1.82, 2.24) is 9.80 Å². The predicted molar refractivity (Wildman–Crippen MR) is 140 cm³/mol. The van der Waals surface area contributed by atoms with Gasteiger partial charge in [-0.15, -0.1) is 5.11 Å². The van der Waals surface area contributed by atoms with Crippen molar-refractivity contribution in [3.05, 3.63) is 46.7 Å². The fourth-order valence-electron chi connectivity index (χ4n) is 5.64. The molecule has 4 rings (SSSR count). The van der Waals surface area contributed by atoms with E-state index in [0.29, 0.717) is 25.8 Å². The van der Waals surface area contributed by atoms with Gasteiger partial charge in [0, 0.05) is 26.3 Å². The zero-order valence-corrected chi connectivity index (χ0v) is 22.8. The number of primary amides is 1. The van der Waals surface area contributed by atoms with Gasteiger partial charge < -0.3 is 20.3 Å². The van der Waals surface area contributed by atoms with Crippen LogP contribution in [0.5, 0.6) is 0 Å². The lowest BCUT2D eigenvalue weighted by Gasteiger charge is -2.50. The lowest BCUT2D eigenvalue weighted by Crippen LogP contribution is -2.73. The van der Waals surface area contributed by atoms with Crippen LogP contribution in [-0.2, 0) is 35.1 Å². The van der Waals surface area contributed by atoms with E-state index < -0.39 is 29.4 Å². The van der Waals surface area contributed by atoms with E-state index in [1.54, 1.807) is 4.90 Å². The van der Waals surface area contributed by atoms with Crippen molar-refractivity contribution in [1.29, 1.82) is 0 Å². The molecule has 3 aliphatic rings. The molecule has 1 aromatic carbocycles. The van der Waals surface area contributed by atoms with E-state index in [4.69, 9.17) is 10.5 Å². The van der Waals surface area contributed by atoms with Crippen molar-refractivity contribution in [3.8, 4) is 0 Å². The van der Waals surface area contributed by atoms with Gasteiger partial charge >= 0.3 is 5.97 Å². The predicted octanol–water partition coefficient (Wildman–Crippen LogP) is 1.86.